The van der Waals surface area contributed by atoms with Crippen molar-refractivity contribution in [3.63, 3.8) is 0 Å². The molecular formula is C6H11N3. The molecule has 0 spiro atoms. The molecule has 5 N–H and O–H groups in total. The molecule has 9 heavy (non-hydrogen) atoms. The smallest absolute Gasteiger partial charge is 0.105 e. The monoisotopic (exact) mass is 125 g/mol. The first kappa shape index (κ1) is 6.01. The maximum Gasteiger partial charge on any atom is 0.105 e. The first-order valence-electron chi connectivity index (χ1n) is 2.97. The normalized spacial score (nSPS) is 9.89. The number of aromatic nitrogens is 1. The van der Waals surface area contributed by atoms with Crippen molar-refractivity contribution in [1.82, 2.24) is 4.98 Å². The van der Waals surface area contributed by atoms with Crippen LogP contribution in [0.15, 0.2) is 6.20 Å². The molecule has 0 atom stereocenters. The summed E-state index contributed by atoms with van der Waals surface area (Å²) in [5.74, 6) is 0.690. The molecule has 3 nitrogen and oxygen atoms in total. The van der Waals surface area contributed by atoms with Gasteiger partial charge in [0, 0.05) is 11.8 Å². The summed E-state index contributed by atoms with van der Waals surface area (Å²) < 4.78 is 0. The van der Waals surface area contributed by atoms with E-state index in [1.807, 2.05) is 6.92 Å². The number of nitrogen functional groups attached to an aromatic ring is 2. The van der Waals surface area contributed by atoms with Crippen LogP contribution in [0.4, 0.5) is 11.5 Å². The summed E-state index contributed by atoms with van der Waals surface area (Å²) in [6.07, 6.45) is 2.61. The summed E-state index contributed by atoms with van der Waals surface area (Å²) in [6, 6.07) is 0. The molecule has 0 aliphatic rings. The van der Waals surface area contributed by atoms with E-state index in [1.54, 1.807) is 6.20 Å². The van der Waals surface area contributed by atoms with E-state index >= 15 is 0 Å². The molecule has 0 saturated heterocycles. The minimum absolute atomic E-state index is 0.690. The van der Waals surface area contributed by atoms with Crippen molar-refractivity contribution in [2.24, 2.45) is 0 Å². The van der Waals surface area contributed by atoms with Gasteiger partial charge in [-0.1, -0.05) is 6.92 Å². The molecule has 1 aromatic heterocycles. The minimum atomic E-state index is 0.690. The highest BCUT2D eigenvalue weighted by molar-refractivity contribution is 5.58. The summed E-state index contributed by atoms with van der Waals surface area (Å²) in [5.41, 5.74) is 12.8. The van der Waals surface area contributed by atoms with Crippen LogP contribution >= 0.6 is 0 Å². The average Bonchev–Trinajstić information content (AvgIpc) is 2.12. The third-order valence-electron chi connectivity index (χ3n) is 1.41. The summed E-state index contributed by atoms with van der Waals surface area (Å²) in [7, 11) is 0. The van der Waals surface area contributed by atoms with E-state index in [9.17, 15) is 0 Å². The van der Waals surface area contributed by atoms with Gasteiger partial charge in [-0.25, -0.2) is 0 Å². The third kappa shape index (κ3) is 0.850. The third-order valence-corrected chi connectivity index (χ3v) is 1.41. The van der Waals surface area contributed by atoms with Crippen LogP contribution in [0, 0.1) is 0 Å². The number of rotatable bonds is 1. The molecule has 1 rings (SSSR count). The molecule has 3 heteroatoms. The van der Waals surface area contributed by atoms with Crippen LogP contribution in [0.5, 0.6) is 0 Å². The van der Waals surface area contributed by atoms with Gasteiger partial charge in [0.25, 0.3) is 0 Å². The van der Waals surface area contributed by atoms with Gasteiger partial charge >= 0.3 is 0 Å². The Morgan fingerprint density at radius 2 is 2.22 bits per heavy atom. The number of aromatic amines is 1. The minimum Gasteiger partial charge on any atom is -0.397 e. The molecule has 0 unspecified atom stereocenters. The Morgan fingerprint density at radius 3 is 2.44 bits per heavy atom. The van der Waals surface area contributed by atoms with Gasteiger partial charge in [-0.2, -0.15) is 0 Å². The largest absolute Gasteiger partial charge is 0.397 e. The van der Waals surface area contributed by atoms with Gasteiger partial charge < -0.3 is 16.5 Å². The fraction of sp³-hybridized carbons (Fsp3) is 0.333. The lowest BCUT2D eigenvalue weighted by atomic mass is 10.2. The van der Waals surface area contributed by atoms with E-state index in [0.29, 0.717) is 5.82 Å². The molecule has 1 aromatic rings. The first-order chi connectivity index (χ1) is 4.25. The lowest BCUT2D eigenvalue weighted by Gasteiger charge is -1.93. The highest BCUT2D eigenvalue weighted by Gasteiger charge is 2.00. The van der Waals surface area contributed by atoms with Crippen molar-refractivity contribution in [3.8, 4) is 0 Å². The van der Waals surface area contributed by atoms with Gasteiger partial charge in [-0.3, -0.25) is 0 Å². The Hall–Kier alpha value is -1.12. The topological polar surface area (TPSA) is 67.8 Å². The Labute approximate surface area is 54.1 Å². The standard InChI is InChI=1S/C6H11N3/c1-2-4-5(7)3-9-6(4)8/h3,9H,2,7-8H2,1H3. The molecule has 0 radical (unpaired) electrons. The molecule has 0 aromatic carbocycles. The fourth-order valence-electron chi connectivity index (χ4n) is 0.880. The van der Waals surface area contributed by atoms with Crippen molar-refractivity contribution >= 4 is 11.5 Å². The van der Waals surface area contributed by atoms with Crippen LogP contribution in [0.3, 0.4) is 0 Å². The van der Waals surface area contributed by atoms with Crippen molar-refractivity contribution in [2.75, 3.05) is 11.5 Å². The van der Waals surface area contributed by atoms with Gasteiger partial charge in [0.1, 0.15) is 5.82 Å². The Morgan fingerprint density at radius 1 is 1.56 bits per heavy atom. The maximum atomic E-state index is 5.54. The van der Waals surface area contributed by atoms with Crippen LogP contribution in [0.1, 0.15) is 12.5 Å². The summed E-state index contributed by atoms with van der Waals surface area (Å²) in [4.78, 5) is 2.84. The fourth-order valence-corrected chi connectivity index (χ4v) is 0.880. The number of hydrogen-bond donors (Lipinski definition) is 3. The Bertz CT molecular complexity index is 183. The predicted molar refractivity (Wildman–Crippen MR) is 39.0 cm³/mol. The number of anilines is 2. The van der Waals surface area contributed by atoms with Crippen LogP contribution in [0.2, 0.25) is 0 Å². The van der Waals surface area contributed by atoms with Crippen LogP contribution in [0.25, 0.3) is 0 Å². The second-order valence-corrected chi connectivity index (χ2v) is 1.99. The van der Waals surface area contributed by atoms with E-state index in [-0.39, 0.29) is 0 Å². The molecule has 1 heterocycles. The van der Waals surface area contributed by atoms with E-state index in [1.165, 1.54) is 0 Å². The van der Waals surface area contributed by atoms with Gasteiger partial charge in [0.05, 0.1) is 5.69 Å². The number of hydrogen-bond acceptors (Lipinski definition) is 2. The van der Waals surface area contributed by atoms with Crippen LogP contribution in [-0.4, -0.2) is 4.98 Å². The zero-order valence-corrected chi connectivity index (χ0v) is 5.44. The molecule has 50 valence electrons. The van der Waals surface area contributed by atoms with E-state index in [4.69, 9.17) is 11.5 Å². The highest BCUT2D eigenvalue weighted by Crippen LogP contribution is 2.17. The van der Waals surface area contributed by atoms with Gasteiger partial charge in [0.15, 0.2) is 0 Å². The van der Waals surface area contributed by atoms with Gasteiger partial charge in [0.2, 0.25) is 0 Å². The van der Waals surface area contributed by atoms with E-state index < -0.39 is 0 Å². The molecule has 0 aliphatic carbocycles. The SMILES string of the molecule is CCc1c(N)c[nH]c1N. The summed E-state index contributed by atoms with van der Waals surface area (Å²) in [6.45, 7) is 2.02. The average molecular weight is 125 g/mol. The first-order valence-corrected chi connectivity index (χ1v) is 2.97. The van der Waals surface area contributed by atoms with Crippen molar-refractivity contribution in [2.45, 2.75) is 13.3 Å². The second-order valence-electron chi connectivity index (χ2n) is 1.99. The second kappa shape index (κ2) is 2.01. The summed E-state index contributed by atoms with van der Waals surface area (Å²) in [5, 5.41) is 0. The number of nitrogens with one attached hydrogen (secondary N) is 1. The zero-order chi connectivity index (χ0) is 6.85. The van der Waals surface area contributed by atoms with Crippen molar-refractivity contribution in [3.05, 3.63) is 11.8 Å². The van der Waals surface area contributed by atoms with Crippen LogP contribution in [-0.2, 0) is 6.42 Å². The predicted octanol–water partition coefficient (Wildman–Crippen LogP) is 0.742. The Kier molecular flexibility index (Phi) is 1.34. The molecule has 0 amide bonds. The Balaban J connectivity index is 3.07. The molecule has 0 fully saturated rings. The molecule has 0 bridgehead atoms. The molecular weight excluding hydrogens is 114 g/mol. The van der Waals surface area contributed by atoms with Crippen molar-refractivity contribution < 1.29 is 0 Å². The van der Waals surface area contributed by atoms with E-state index in [0.717, 1.165) is 17.7 Å². The highest BCUT2D eigenvalue weighted by atomic mass is 14.9. The van der Waals surface area contributed by atoms with Gasteiger partial charge in [-0.05, 0) is 6.42 Å². The maximum absolute atomic E-state index is 5.54. The van der Waals surface area contributed by atoms with Crippen molar-refractivity contribution in [1.29, 1.82) is 0 Å². The summed E-state index contributed by atoms with van der Waals surface area (Å²) >= 11 is 0. The zero-order valence-electron chi connectivity index (χ0n) is 5.44. The van der Waals surface area contributed by atoms with Crippen LogP contribution < -0.4 is 11.5 Å². The molecule has 0 aliphatic heterocycles. The number of nitrogens with two attached hydrogens (primary N) is 2. The molecule has 0 saturated carbocycles. The quantitative estimate of drug-likeness (QED) is 0.518. The number of H-pyrrole nitrogens is 1. The van der Waals surface area contributed by atoms with E-state index in [2.05, 4.69) is 4.98 Å². The lowest BCUT2D eigenvalue weighted by molar-refractivity contribution is 1.15. The van der Waals surface area contributed by atoms with Gasteiger partial charge in [-0.15, -0.1) is 0 Å². The lowest BCUT2D eigenvalue weighted by Crippen LogP contribution is -1.92.